The Kier molecular flexibility index (Phi) is 7.24. The van der Waals surface area contributed by atoms with Gasteiger partial charge < -0.3 is 14.2 Å². The maximum atomic E-state index is 13.3. The first-order valence-electron chi connectivity index (χ1n) is 10.8. The summed E-state index contributed by atoms with van der Waals surface area (Å²) in [6.45, 7) is 8.49. The van der Waals surface area contributed by atoms with Crippen LogP contribution in [-0.4, -0.2) is 68.9 Å². The van der Waals surface area contributed by atoms with Gasteiger partial charge in [-0.25, -0.2) is 4.98 Å². The zero-order chi connectivity index (χ0) is 22.5. The summed E-state index contributed by atoms with van der Waals surface area (Å²) in [5, 5.41) is 0.665. The highest BCUT2D eigenvalue weighted by molar-refractivity contribution is 7.22. The van der Waals surface area contributed by atoms with Gasteiger partial charge in [0.1, 0.15) is 17.0 Å². The highest BCUT2D eigenvalue weighted by Crippen LogP contribution is 2.36. The number of carbonyl (C=O) groups is 1. The highest BCUT2D eigenvalue weighted by atomic mass is 32.1. The molecule has 2 aromatic carbocycles. The largest absolute Gasteiger partial charge is 0.494 e. The molecule has 170 valence electrons. The molecule has 8 heteroatoms. The van der Waals surface area contributed by atoms with Gasteiger partial charge in [-0.05, 0) is 43.2 Å². The molecule has 1 aromatic heterocycles. The zero-order valence-corrected chi connectivity index (χ0v) is 19.6. The molecule has 7 nitrogen and oxygen atoms in total. The first kappa shape index (κ1) is 22.5. The molecule has 1 amide bonds. The Hall–Kier alpha value is -2.68. The number of carbonyl (C=O) groups excluding carboxylic acids is 1. The summed E-state index contributed by atoms with van der Waals surface area (Å²) in [4.78, 5) is 22.1. The van der Waals surface area contributed by atoms with E-state index in [1.165, 1.54) is 11.3 Å². The molecule has 1 fully saturated rings. The van der Waals surface area contributed by atoms with Gasteiger partial charge in [-0.2, -0.15) is 0 Å². The third kappa shape index (κ3) is 5.20. The lowest BCUT2D eigenvalue weighted by Gasteiger charge is -2.29. The third-order valence-electron chi connectivity index (χ3n) is 5.54. The van der Waals surface area contributed by atoms with Crippen molar-refractivity contribution in [2.75, 3.05) is 58.0 Å². The number of amides is 1. The maximum Gasteiger partial charge on any atom is 0.266 e. The topological polar surface area (TPSA) is 64.1 Å². The number of benzene rings is 2. The number of methoxy groups -OCH3 is 1. The normalized spacial score (nSPS) is 14.5. The fourth-order valence-corrected chi connectivity index (χ4v) is 4.79. The average Bonchev–Trinajstić information content (AvgIpc) is 3.25. The van der Waals surface area contributed by atoms with Gasteiger partial charge in [-0.1, -0.05) is 29.5 Å². The van der Waals surface area contributed by atoms with Crippen molar-refractivity contribution in [2.24, 2.45) is 0 Å². The number of hydrogen-bond acceptors (Lipinski definition) is 7. The number of hydrogen-bond donors (Lipinski definition) is 0. The molecule has 1 aliphatic rings. The molecule has 0 N–H and O–H groups in total. The van der Waals surface area contributed by atoms with E-state index in [2.05, 4.69) is 4.90 Å². The first-order valence-corrected chi connectivity index (χ1v) is 11.6. The number of nitrogens with zero attached hydrogens (tertiary/aromatic N) is 3. The van der Waals surface area contributed by atoms with E-state index in [0.29, 0.717) is 23.2 Å². The van der Waals surface area contributed by atoms with E-state index in [9.17, 15) is 4.79 Å². The number of aryl methyl sites for hydroxylation is 2. The van der Waals surface area contributed by atoms with Crippen LogP contribution in [0, 0.1) is 13.8 Å². The van der Waals surface area contributed by atoms with Gasteiger partial charge in [0.15, 0.2) is 11.7 Å². The molecule has 32 heavy (non-hydrogen) atoms. The van der Waals surface area contributed by atoms with Crippen LogP contribution in [0.2, 0.25) is 0 Å². The van der Waals surface area contributed by atoms with E-state index in [1.807, 2.05) is 50.2 Å². The van der Waals surface area contributed by atoms with Crippen molar-refractivity contribution in [1.29, 1.82) is 0 Å². The van der Waals surface area contributed by atoms with Crippen LogP contribution in [0.25, 0.3) is 10.2 Å². The molecule has 0 bridgehead atoms. The second kappa shape index (κ2) is 10.3. The van der Waals surface area contributed by atoms with Crippen LogP contribution in [-0.2, 0) is 9.53 Å². The number of aromatic nitrogens is 1. The van der Waals surface area contributed by atoms with Crippen LogP contribution in [0.5, 0.6) is 11.5 Å². The molecule has 1 saturated heterocycles. The smallest absolute Gasteiger partial charge is 0.266 e. The minimum atomic E-state index is -0.115. The molecule has 3 aromatic rings. The molecule has 0 radical (unpaired) electrons. The standard InChI is InChI=1S/C24H29N3O4S/c1-17-5-4-6-19(15-17)31-16-21(28)27(10-9-26-11-13-30-14-12-26)24-25-22-20(29-3)8-7-18(2)23(22)32-24/h4-8,15H,9-14,16H2,1-3H3. The number of anilines is 1. The second-order valence-electron chi connectivity index (χ2n) is 7.86. The lowest BCUT2D eigenvalue weighted by atomic mass is 10.2. The van der Waals surface area contributed by atoms with E-state index in [0.717, 1.165) is 54.2 Å². The molecule has 0 saturated carbocycles. The van der Waals surface area contributed by atoms with Crippen molar-refractivity contribution >= 4 is 32.6 Å². The minimum Gasteiger partial charge on any atom is -0.494 e. The summed E-state index contributed by atoms with van der Waals surface area (Å²) in [6.07, 6.45) is 0. The van der Waals surface area contributed by atoms with E-state index >= 15 is 0 Å². The van der Waals surface area contributed by atoms with Gasteiger partial charge in [-0.15, -0.1) is 0 Å². The first-order chi connectivity index (χ1) is 15.5. The predicted octanol–water partition coefficient (Wildman–Crippen LogP) is 3.67. The minimum absolute atomic E-state index is 0.0430. The van der Waals surface area contributed by atoms with Gasteiger partial charge in [0.05, 0.1) is 25.0 Å². The Morgan fingerprint density at radius 3 is 2.78 bits per heavy atom. The van der Waals surface area contributed by atoms with Crippen LogP contribution in [0.3, 0.4) is 0 Å². The molecule has 0 spiro atoms. The number of ether oxygens (including phenoxy) is 3. The highest BCUT2D eigenvalue weighted by Gasteiger charge is 2.23. The molecule has 0 aliphatic carbocycles. The lowest BCUT2D eigenvalue weighted by Crippen LogP contribution is -2.44. The van der Waals surface area contributed by atoms with E-state index in [1.54, 1.807) is 12.0 Å². The van der Waals surface area contributed by atoms with Crippen LogP contribution in [0.15, 0.2) is 36.4 Å². The Morgan fingerprint density at radius 2 is 2.03 bits per heavy atom. The quantitative estimate of drug-likeness (QED) is 0.517. The summed E-state index contributed by atoms with van der Waals surface area (Å²) in [6, 6.07) is 11.7. The Bertz CT molecular complexity index is 1080. The molecule has 4 rings (SSSR count). The van der Waals surface area contributed by atoms with Gasteiger partial charge in [-0.3, -0.25) is 14.6 Å². The number of morpholine rings is 1. The van der Waals surface area contributed by atoms with Gasteiger partial charge >= 0.3 is 0 Å². The number of thiazole rings is 1. The van der Waals surface area contributed by atoms with Crippen molar-refractivity contribution < 1.29 is 19.0 Å². The summed E-state index contributed by atoms with van der Waals surface area (Å²) >= 11 is 1.52. The lowest BCUT2D eigenvalue weighted by molar-refractivity contribution is -0.120. The van der Waals surface area contributed by atoms with Crippen LogP contribution >= 0.6 is 11.3 Å². The molecular formula is C24H29N3O4S. The second-order valence-corrected chi connectivity index (χ2v) is 8.84. The van der Waals surface area contributed by atoms with Crippen LogP contribution in [0.4, 0.5) is 5.13 Å². The molecule has 2 heterocycles. The molecular weight excluding hydrogens is 426 g/mol. The zero-order valence-electron chi connectivity index (χ0n) is 18.8. The maximum absolute atomic E-state index is 13.3. The SMILES string of the molecule is COc1ccc(C)c2sc(N(CCN3CCOCC3)C(=O)COc3cccc(C)c3)nc12. The van der Waals surface area contributed by atoms with E-state index in [4.69, 9.17) is 19.2 Å². The summed E-state index contributed by atoms with van der Waals surface area (Å²) in [7, 11) is 1.64. The van der Waals surface area contributed by atoms with Crippen LogP contribution < -0.4 is 14.4 Å². The fraction of sp³-hybridized carbons (Fsp3) is 0.417. The average molecular weight is 456 g/mol. The van der Waals surface area contributed by atoms with Gasteiger partial charge in [0, 0.05) is 26.2 Å². The van der Waals surface area contributed by atoms with E-state index < -0.39 is 0 Å². The van der Waals surface area contributed by atoms with Crippen molar-refractivity contribution in [3.63, 3.8) is 0 Å². The van der Waals surface area contributed by atoms with Crippen molar-refractivity contribution in [3.05, 3.63) is 47.5 Å². The van der Waals surface area contributed by atoms with E-state index in [-0.39, 0.29) is 12.5 Å². The Labute approximate surface area is 192 Å². The monoisotopic (exact) mass is 455 g/mol. The Morgan fingerprint density at radius 1 is 1.22 bits per heavy atom. The summed E-state index contributed by atoms with van der Waals surface area (Å²) in [5.41, 5.74) is 2.99. The summed E-state index contributed by atoms with van der Waals surface area (Å²) < 4.78 is 17.8. The van der Waals surface area contributed by atoms with Crippen LogP contribution in [0.1, 0.15) is 11.1 Å². The van der Waals surface area contributed by atoms with Gasteiger partial charge in [0.2, 0.25) is 0 Å². The summed E-state index contributed by atoms with van der Waals surface area (Å²) in [5.74, 6) is 1.29. The van der Waals surface area contributed by atoms with Crippen molar-refractivity contribution in [2.45, 2.75) is 13.8 Å². The Balaban J connectivity index is 1.57. The fourth-order valence-electron chi connectivity index (χ4n) is 3.70. The molecule has 0 unspecified atom stereocenters. The van der Waals surface area contributed by atoms with Gasteiger partial charge in [0.25, 0.3) is 5.91 Å². The molecule has 1 aliphatic heterocycles. The number of rotatable bonds is 8. The number of fused-ring (bicyclic) bond motifs is 1. The van der Waals surface area contributed by atoms with Crippen molar-refractivity contribution in [1.82, 2.24) is 9.88 Å². The molecule has 0 atom stereocenters. The van der Waals surface area contributed by atoms with Crippen molar-refractivity contribution in [3.8, 4) is 11.5 Å². The predicted molar refractivity (Wildman–Crippen MR) is 127 cm³/mol. The third-order valence-corrected chi connectivity index (χ3v) is 6.75.